The minimum absolute atomic E-state index is 0.0179. The van der Waals surface area contributed by atoms with Crippen LogP contribution in [0.15, 0.2) is 36.8 Å². The number of nitrogens with zero attached hydrogens (tertiary/aromatic N) is 1. The number of aromatic amines is 1. The van der Waals surface area contributed by atoms with Gasteiger partial charge in [0, 0.05) is 24.1 Å². The molecular formula is C21H28N6O6S. The van der Waals surface area contributed by atoms with Gasteiger partial charge in [0.15, 0.2) is 0 Å². The van der Waals surface area contributed by atoms with Crippen molar-refractivity contribution >= 4 is 36.3 Å². The molecule has 4 atom stereocenters. The van der Waals surface area contributed by atoms with E-state index in [9.17, 15) is 29.4 Å². The predicted molar refractivity (Wildman–Crippen MR) is 125 cm³/mol. The molecule has 13 heteroatoms. The topological polar surface area (TPSA) is 200 Å². The molecule has 184 valence electrons. The molecular weight excluding hydrogens is 464 g/mol. The quantitative estimate of drug-likeness (QED) is 0.167. The monoisotopic (exact) mass is 492 g/mol. The molecule has 0 aliphatic heterocycles. The fraction of sp³-hybridized carbons (Fsp3) is 0.381. The minimum atomic E-state index is -1.25. The number of imidazole rings is 1. The Balaban J connectivity index is 1.89. The van der Waals surface area contributed by atoms with Crippen LogP contribution in [-0.4, -0.2) is 73.8 Å². The Bertz CT molecular complexity index is 984. The van der Waals surface area contributed by atoms with Gasteiger partial charge in [0.2, 0.25) is 17.7 Å². The lowest BCUT2D eigenvalue weighted by atomic mass is 10.1. The number of amides is 3. The third kappa shape index (κ3) is 8.08. The number of hydrogen-bond donors (Lipinski definition) is 8. The van der Waals surface area contributed by atoms with Crippen LogP contribution in [0.1, 0.15) is 18.2 Å². The third-order valence-corrected chi connectivity index (χ3v) is 5.25. The molecule has 1 heterocycles. The highest BCUT2D eigenvalue weighted by atomic mass is 32.1. The fourth-order valence-corrected chi connectivity index (χ4v) is 3.20. The molecule has 0 radical (unpaired) electrons. The summed E-state index contributed by atoms with van der Waals surface area (Å²) in [5.74, 6) is -3.20. The van der Waals surface area contributed by atoms with Crippen LogP contribution in [0.3, 0.4) is 0 Å². The number of rotatable bonds is 12. The Kier molecular flexibility index (Phi) is 9.89. The normalized spacial score (nSPS) is 14.3. The smallest absolute Gasteiger partial charge is 0.326 e. The predicted octanol–water partition coefficient (Wildman–Crippen LogP) is -1.28. The fourth-order valence-electron chi connectivity index (χ4n) is 2.94. The SMILES string of the molecule is CC(NC(=O)C(CS)NC(=O)C(N)Cc1ccc(O)cc1)C(=O)NC(Cc1cnc[nH]1)C(=O)O. The number of aliphatic carboxylic acids is 1. The molecule has 1 aromatic heterocycles. The van der Waals surface area contributed by atoms with Gasteiger partial charge < -0.3 is 36.9 Å². The summed E-state index contributed by atoms with van der Waals surface area (Å²) in [4.78, 5) is 55.5. The first-order valence-electron chi connectivity index (χ1n) is 10.4. The van der Waals surface area contributed by atoms with Gasteiger partial charge in [-0.15, -0.1) is 0 Å². The van der Waals surface area contributed by atoms with E-state index in [0.29, 0.717) is 5.69 Å². The molecule has 0 bridgehead atoms. The summed E-state index contributed by atoms with van der Waals surface area (Å²) in [7, 11) is 0. The summed E-state index contributed by atoms with van der Waals surface area (Å²) in [5, 5.41) is 26.0. The number of thiol groups is 1. The molecule has 12 nitrogen and oxygen atoms in total. The van der Waals surface area contributed by atoms with Crippen LogP contribution in [0.4, 0.5) is 0 Å². The third-order valence-electron chi connectivity index (χ3n) is 4.89. The molecule has 2 aromatic rings. The zero-order valence-electron chi connectivity index (χ0n) is 18.4. The van der Waals surface area contributed by atoms with Gasteiger partial charge in [-0.25, -0.2) is 9.78 Å². The van der Waals surface area contributed by atoms with Crippen molar-refractivity contribution in [2.45, 2.75) is 43.9 Å². The first kappa shape index (κ1) is 26.7. The molecule has 0 fully saturated rings. The number of nitrogens with two attached hydrogens (primary N) is 1. The minimum Gasteiger partial charge on any atom is -0.508 e. The Labute approximate surface area is 201 Å². The molecule has 4 unspecified atom stereocenters. The van der Waals surface area contributed by atoms with Crippen LogP contribution < -0.4 is 21.7 Å². The molecule has 1 aromatic carbocycles. The molecule has 2 rings (SSSR count). The maximum Gasteiger partial charge on any atom is 0.326 e. The van der Waals surface area contributed by atoms with Crippen LogP contribution in [0.25, 0.3) is 0 Å². The van der Waals surface area contributed by atoms with Gasteiger partial charge in [0.25, 0.3) is 0 Å². The largest absolute Gasteiger partial charge is 0.508 e. The lowest BCUT2D eigenvalue weighted by molar-refractivity contribution is -0.142. The Hall–Kier alpha value is -3.58. The van der Waals surface area contributed by atoms with Crippen molar-refractivity contribution in [2.75, 3.05) is 5.75 Å². The molecule has 0 saturated carbocycles. The molecule has 0 aliphatic rings. The first-order chi connectivity index (χ1) is 16.1. The second-order valence-electron chi connectivity index (χ2n) is 7.63. The Morgan fingerprint density at radius 2 is 1.68 bits per heavy atom. The summed E-state index contributed by atoms with van der Waals surface area (Å²) >= 11 is 4.08. The second-order valence-corrected chi connectivity index (χ2v) is 8.00. The molecule has 0 aliphatic carbocycles. The number of hydrogen-bond acceptors (Lipinski definition) is 8. The number of aromatic hydroxyl groups is 1. The van der Waals surface area contributed by atoms with Crippen molar-refractivity contribution in [1.29, 1.82) is 0 Å². The molecule has 34 heavy (non-hydrogen) atoms. The van der Waals surface area contributed by atoms with Crippen LogP contribution >= 0.6 is 12.6 Å². The summed E-state index contributed by atoms with van der Waals surface area (Å²) < 4.78 is 0. The lowest BCUT2D eigenvalue weighted by Gasteiger charge is -2.22. The maximum absolute atomic E-state index is 12.6. The van der Waals surface area contributed by atoms with Crippen molar-refractivity contribution in [3.05, 3.63) is 48.0 Å². The Morgan fingerprint density at radius 3 is 2.24 bits per heavy atom. The highest BCUT2D eigenvalue weighted by Gasteiger charge is 2.28. The van der Waals surface area contributed by atoms with E-state index in [0.717, 1.165) is 5.56 Å². The van der Waals surface area contributed by atoms with Crippen LogP contribution in [0.5, 0.6) is 5.75 Å². The van der Waals surface area contributed by atoms with E-state index in [4.69, 9.17) is 5.73 Å². The van der Waals surface area contributed by atoms with E-state index < -0.39 is 47.9 Å². The zero-order chi connectivity index (χ0) is 25.3. The summed E-state index contributed by atoms with van der Waals surface area (Å²) in [6.45, 7) is 1.39. The van der Waals surface area contributed by atoms with Gasteiger partial charge in [-0.2, -0.15) is 12.6 Å². The summed E-state index contributed by atoms with van der Waals surface area (Å²) in [6.07, 6.45) is 3.00. The van der Waals surface area contributed by atoms with Crippen LogP contribution in [0.2, 0.25) is 0 Å². The van der Waals surface area contributed by atoms with Gasteiger partial charge in [-0.1, -0.05) is 12.1 Å². The number of carbonyl (C=O) groups excluding carboxylic acids is 3. The van der Waals surface area contributed by atoms with Gasteiger partial charge in [-0.3, -0.25) is 14.4 Å². The number of carboxylic acid groups (broad SMARTS) is 1. The summed E-state index contributed by atoms with van der Waals surface area (Å²) in [6, 6.07) is 1.86. The molecule has 8 N–H and O–H groups in total. The number of phenolic OH excluding ortho intramolecular Hbond substituents is 1. The van der Waals surface area contributed by atoms with E-state index in [2.05, 4.69) is 38.5 Å². The van der Waals surface area contributed by atoms with Gasteiger partial charge in [0.1, 0.15) is 23.9 Å². The van der Waals surface area contributed by atoms with Gasteiger partial charge in [-0.05, 0) is 31.0 Å². The van der Waals surface area contributed by atoms with E-state index in [-0.39, 0.29) is 24.3 Å². The number of phenols is 1. The number of carboxylic acids is 1. The average molecular weight is 493 g/mol. The molecule has 0 saturated heterocycles. The zero-order valence-corrected chi connectivity index (χ0v) is 19.3. The maximum atomic E-state index is 12.6. The highest BCUT2D eigenvalue weighted by molar-refractivity contribution is 7.80. The van der Waals surface area contributed by atoms with Crippen molar-refractivity contribution in [3.63, 3.8) is 0 Å². The number of aromatic nitrogens is 2. The number of carbonyl (C=O) groups is 4. The molecule has 3 amide bonds. The lowest BCUT2D eigenvalue weighted by Crippen LogP contribution is -2.57. The Morgan fingerprint density at radius 1 is 1.03 bits per heavy atom. The van der Waals surface area contributed by atoms with E-state index in [1.807, 2.05) is 0 Å². The van der Waals surface area contributed by atoms with Crippen molar-refractivity contribution < 1.29 is 29.4 Å². The summed E-state index contributed by atoms with van der Waals surface area (Å²) in [5.41, 5.74) is 7.16. The average Bonchev–Trinajstić information content (AvgIpc) is 3.31. The number of nitrogens with one attached hydrogen (secondary N) is 4. The number of benzene rings is 1. The standard InChI is InChI=1S/C21H28N6O6S/c1-11(18(29)26-16(21(32)33)7-13-8-23-10-24-13)25-20(31)17(9-34)27-19(30)15(22)6-12-2-4-14(28)5-3-12/h2-5,8,10-11,15-17,28,34H,6-7,9,22H2,1H3,(H,23,24)(H,25,31)(H,26,29)(H,27,30)(H,32,33). The van der Waals surface area contributed by atoms with Crippen LogP contribution in [0, 0.1) is 0 Å². The first-order valence-corrected chi connectivity index (χ1v) is 11.0. The van der Waals surface area contributed by atoms with Gasteiger partial charge in [0.05, 0.1) is 12.4 Å². The second kappa shape index (κ2) is 12.6. The van der Waals surface area contributed by atoms with Crippen molar-refractivity contribution in [1.82, 2.24) is 25.9 Å². The van der Waals surface area contributed by atoms with E-state index in [1.165, 1.54) is 31.6 Å². The molecule has 0 spiro atoms. The number of H-pyrrole nitrogens is 1. The van der Waals surface area contributed by atoms with Crippen LogP contribution in [-0.2, 0) is 32.0 Å². The van der Waals surface area contributed by atoms with Crippen molar-refractivity contribution in [3.8, 4) is 5.75 Å². The van der Waals surface area contributed by atoms with Crippen molar-refractivity contribution in [2.24, 2.45) is 5.73 Å². The highest BCUT2D eigenvalue weighted by Crippen LogP contribution is 2.11. The van der Waals surface area contributed by atoms with E-state index in [1.54, 1.807) is 12.1 Å². The van der Waals surface area contributed by atoms with E-state index >= 15 is 0 Å². The van der Waals surface area contributed by atoms with Gasteiger partial charge >= 0.3 is 5.97 Å².